The first kappa shape index (κ1) is 17.8. The maximum atomic E-state index is 12.4. The number of hydrogen-bond donors (Lipinski definition) is 1. The van der Waals surface area contributed by atoms with Gasteiger partial charge in [0.15, 0.2) is 6.61 Å². The smallest absolute Gasteiger partial charge is 0.374 e. The van der Waals surface area contributed by atoms with E-state index in [0.29, 0.717) is 5.58 Å². The molecule has 4 saturated carbocycles. The van der Waals surface area contributed by atoms with Crippen LogP contribution in [0.3, 0.4) is 0 Å². The third kappa shape index (κ3) is 3.11. The molecule has 0 saturated heterocycles. The molecule has 4 aliphatic carbocycles. The van der Waals surface area contributed by atoms with Crippen molar-refractivity contribution in [3.8, 4) is 0 Å². The number of para-hydroxylation sites is 1. The van der Waals surface area contributed by atoms with Crippen LogP contribution < -0.4 is 5.32 Å². The second-order valence-corrected chi connectivity index (χ2v) is 9.29. The van der Waals surface area contributed by atoms with Crippen LogP contribution in [0.4, 0.5) is 0 Å². The van der Waals surface area contributed by atoms with E-state index in [9.17, 15) is 9.59 Å². The fourth-order valence-corrected chi connectivity index (χ4v) is 6.43. The lowest BCUT2D eigenvalue weighted by atomic mass is 9.48. The normalized spacial score (nSPS) is 31.7. The Kier molecular flexibility index (Phi) is 4.22. The molecule has 148 valence electrons. The van der Waals surface area contributed by atoms with Gasteiger partial charge in [-0.05, 0) is 80.8 Å². The molecule has 1 aromatic carbocycles. The fourth-order valence-electron chi connectivity index (χ4n) is 6.43. The van der Waals surface area contributed by atoms with Crippen molar-refractivity contribution < 1.29 is 18.7 Å². The molecule has 0 aliphatic heterocycles. The lowest BCUT2D eigenvalue weighted by Crippen LogP contribution is -2.56. The van der Waals surface area contributed by atoms with Crippen molar-refractivity contribution in [1.29, 1.82) is 0 Å². The Morgan fingerprint density at radius 2 is 1.79 bits per heavy atom. The summed E-state index contributed by atoms with van der Waals surface area (Å²) in [7, 11) is 0. The first-order chi connectivity index (χ1) is 13.5. The molecule has 6 rings (SSSR count). The number of nitrogens with one attached hydrogen (secondary N) is 1. The van der Waals surface area contributed by atoms with Gasteiger partial charge in [-0.15, -0.1) is 0 Å². The third-order valence-electron chi connectivity index (χ3n) is 7.34. The second kappa shape index (κ2) is 6.64. The van der Waals surface area contributed by atoms with Gasteiger partial charge < -0.3 is 14.5 Å². The van der Waals surface area contributed by atoms with E-state index in [-0.39, 0.29) is 29.7 Å². The Bertz CT molecular complexity index is 846. The number of ether oxygens (including phenoxy) is 1. The third-order valence-corrected chi connectivity index (χ3v) is 7.34. The number of hydrogen-bond acceptors (Lipinski definition) is 4. The molecule has 1 N–H and O–H groups in total. The largest absolute Gasteiger partial charge is 0.450 e. The quantitative estimate of drug-likeness (QED) is 0.784. The zero-order chi connectivity index (χ0) is 19.3. The number of benzene rings is 1. The predicted octanol–water partition coefficient (Wildman–Crippen LogP) is 4.31. The minimum atomic E-state index is -0.603. The van der Waals surface area contributed by atoms with Gasteiger partial charge in [0.1, 0.15) is 5.58 Å². The summed E-state index contributed by atoms with van der Waals surface area (Å²) < 4.78 is 10.7. The monoisotopic (exact) mass is 381 g/mol. The maximum Gasteiger partial charge on any atom is 0.374 e. The number of carbonyl (C=O) groups is 2. The lowest BCUT2D eigenvalue weighted by molar-refractivity contribution is -0.128. The summed E-state index contributed by atoms with van der Waals surface area (Å²) >= 11 is 0. The van der Waals surface area contributed by atoms with Gasteiger partial charge in [0.25, 0.3) is 5.91 Å². The average Bonchev–Trinajstić information content (AvgIpc) is 3.09. The topological polar surface area (TPSA) is 68.5 Å². The molecule has 4 aliphatic rings. The van der Waals surface area contributed by atoms with Crippen molar-refractivity contribution in [2.45, 2.75) is 51.5 Å². The number of fused-ring (bicyclic) bond motifs is 1. The number of rotatable bonds is 5. The van der Waals surface area contributed by atoms with E-state index in [0.717, 1.165) is 23.1 Å². The molecular formula is C23H27NO4. The van der Waals surface area contributed by atoms with E-state index in [4.69, 9.17) is 9.15 Å². The van der Waals surface area contributed by atoms with Crippen LogP contribution in [0.2, 0.25) is 0 Å². The number of amides is 1. The molecule has 1 aromatic heterocycles. The average molecular weight is 381 g/mol. The summed E-state index contributed by atoms with van der Waals surface area (Å²) in [6, 6.07) is 9.17. The maximum absolute atomic E-state index is 12.4. The van der Waals surface area contributed by atoms with Gasteiger partial charge in [-0.2, -0.15) is 0 Å². The Labute approximate surface area is 164 Å². The zero-order valence-corrected chi connectivity index (χ0v) is 16.3. The highest BCUT2D eigenvalue weighted by Gasteiger charge is 2.53. The molecule has 2 aromatic rings. The molecule has 1 amide bonds. The van der Waals surface area contributed by atoms with Crippen molar-refractivity contribution in [2.75, 3.05) is 6.61 Å². The van der Waals surface area contributed by atoms with Gasteiger partial charge in [0.05, 0.1) is 0 Å². The molecule has 1 atom stereocenters. The highest BCUT2D eigenvalue weighted by Crippen LogP contribution is 2.61. The van der Waals surface area contributed by atoms with E-state index >= 15 is 0 Å². The molecule has 5 nitrogen and oxygen atoms in total. The molecule has 5 heteroatoms. The molecule has 4 bridgehead atoms. The molecule has 0 unspecified atom stereocenters. The van der Waals surface area contributed by atoms with Crippen molar-refractivity contribution in [3.63, 3.8) is 0 Å². The van der Waals surface area contributed by atoms with Gasteiger partial charge in [-0.3, -0.25) is 4.79 Å². The van der Waals surface area contributed by atoms with Gasteiger partial charge in [-0.1, -0.05) is 18.2 Å². The SMILES string of the molecule is C[C@H](NC(=O)COC(=O)c1cc2ccccc2o1)C12CC3CC(CC(C3)C1)C2. The van der Waals surface area contributed by atoms with Crippen LogP contribution in [0.5, 0.6) is 0 Å². The molecule has 28 heavy (non-hydrogen) atoms. The van der Waals surface area contributed by atoms with Gasteiger partial charge in [0.2, 0.25) is 5.76 Å². The van der Waals surface area contributed by atoms with Crippen LogP contribution in [0, 0.1) is 23.2 Å². The fraction of sp³-hybridized carbons (Fsp3) is 0.565. The van der Waals surface area contributed by atoms with Crippen molar-refractivity contribution in [1.82, 2.24) is 5.32 Å². The van der Waals surface area contributed by atoms with E-state index < -0.39 is 5.97 Å². The number of carbonyl (C=O) groups excluding carboxylic acids is 2. The molecule has 0 spiro atoms. The van der Waals surface area contributed by atoms with Crippen molar-refractivity contribution in [2.24, 2.45) is 23.2 Å². The van der Waals surface area contributed by atoms with Crippen LogP contribution in [-0.2, 0) is 9.53 Å². The van der Waals surface area contributed by atoms with E-state index in [2.05, 4.69) is 12.2 Å². The van der Waals surface area contributed by atoms with E-state index in [1.165, 1.54) is 38.5 Å². The van der Waals surface area contributed by atoms with Crippen LogP contribution in [0.1, 0.15) is 56.0 Å². The highest BCUT2D eigenvalue weighted by molar-refractivity contribution is 5.93. The van der Waals surface area contributed by atoms with Crippen LogP contribution in [0.15, 0.2) is 34.7 Å². The van der Waals surface area contributed by atoms with Gasteiger partial charge in [-0.25, -0.2) is 4.79 Å². The second-order valence-electron chi connectivity index (χ2n) is 9.29. The van der Waals surface area contributed by atoms with E-state index in [1.54, 1.807) is 12.1 Å². The summed E-state index contributed by atoms with van der Waals surface area (Å²) in [5.74, 6) is 1.83. The minimum absolute atomic E-state index is 0.123. The molecule has 4 fully saturated rings. The van der Waals surface area contributed by atoms with Crippen molar-refractivity contribution in [3.05, 3.63) is 36.1 Å². The summed E-state index contributed by atoms with van der Waals surface area (Å²) in [5.41, 5.74) is 0.877. The Hall–Kier alpha value is -2.30. The van der Waals surface area contributed by atoms with Crippen LogP contribution in [-0.4, -0.2) is 24.5 Å². The van der Waals surface area contributed by atoms with Crippen LogP contribution >= 0.6 is 0 Å². The van der Waals surface area contributed by atoms with Crippen molar-refractivity contribution >= 4 is 22.8 Å². The lowest BCUT2D eigenvalue weighted by Gasteiger charge is -2.59. The molecule has 0 radical (unpaired) electrons. The summed E-state index contributed by atoms with van der Waals surface area (Å²) in [6.07, 6.45) is 7.86. The van der Waals surface area contributed by atoms with Gasteiger partial charge >= 0.3 is 5.97 Å². The first-order valence-corrected chi connectivity index (χ1v) is 10.5. The number of furan rings is 1. The summed E-state index contributed by atoms with van der Waals surface area (Å²) in [5, 5.41) is 3.97. The van der Waals surface area contributed by atoms with E-state index in [1.807, 2.05) is 18.2 Å². The summed E-state index contributed by atoms with van der Waals surface area (Å²) in [4.78, 5) is 24.7. The molecule has 1 heterocycles. The predicted molar refractivity (Wildman–Crippen MR) is 105 cm³/mol. The first-order valence-electron chi connectivity index (χ1n) is 10.5. The Balaban J connectivity index is 1.18. The summed E-state index contributed by atoms with van der Waals surface area (Å²) in [6.45, 7) is 1.86. The Morgan fingerprint density at radius 1 is 1.14 bits per heavy atom. The minimum Gasteiger partial charge on any atom is -0.450 e. The molecular weight excluding hydrogens is 354 g/mol. The van der Waals surface area contributed by atoms with Gasteiger partial charge in [0, 0.05) is 11.4 Å². The zero-order valence-electron chi connectivity index (χ0n) is 16.3. The highest BCUT2D eigenvalue weighted by atomic mass is 16.5. The standard InChI is InChI=1S/C23H27NO4/c1-14(23-10-15-6-16(11-23)8-17(7-15)12-23)24-21(25)13-27-22(26)20-9-18-4-2-3-5-19(18)28-20/h2-5,9,14-17H,6-8,10-13H2,1H3,(H,24,25)/t14-,15?,16?,17?,23?/m0/s1. The number of esters is 1. The van der Waals surface area contributed by atoms with Crippen LogP contribution in [0.25, 0.3) is 11.0 Å². The Morgan fingerprint density at radius 3 is 2.43 bits per heavy atom.